The molecule has 0 aliphatic carbocycles. The summed E-state index contributed by atoms with van der Waals surface area (Å²) in [5.74, 6) is 0. The van der Waals surface area contributed by atoms with Crippen LogP contribution in [0.2, 0.25) is 0 Å². The topological polar surface area (TPSA) is 17.1 Å². The molecule has 2 rings (SSSR count). The molecule has 0 saturated carbocycles. The quantitative estimate of drug-likeness (QED) is 0.701. The van der Waals surface area contributed by atoms with E-state index in [1.165, 1.54) is 0 Å². The van der Waals surface area contributed by atoms with Crippen LogP contribution in [0.3, 0.4) is 0 Å². The second-order valence-electron chi connectivity index (χ2n) is 3.18. The van der Waals surface area contributed by atoms with Gasteiger partial charge in [-0.25, -0.2) is 0 Å². The van der Waals surface area contributed by atoms with E-state index in [1.807, 2.05) is 48.5 Å². The minimum absolute atomic E-state index is 0.908. The van der Waals surface area contributed by atoms with Crippen molar-refractivity contribution in [2.24, 2.45) is 0 Å². The van der Waals surface area contributed by atoms with Crippen molar-refractivity contribution in [2.45, 2.75) is 0 Å². The van der Waals surface area contributed by atoms with Crippen LogP contribution in [0, 0.1) is 0 Å². The molecule has 2 aromatic rings. The van der Waals surface area contributed by atoms with Gasteiger partial charge in [0.2, 0.25) is 0 Å². The average Bonchev–Trinajstić information content (AvgIpc) is 2.30. The predicted octanol–water partition coefficient (Wildman–Crippen LogP) is 2.75. The number of halogens is 2. The molecule has 0 heterocycles. The summed E-state index contributed by atoms with van der Waals surface area (Å²) in [6.45, 7) is 0. The van der Waals surface area contributed by atoms with E-state index >= 15 is 0 Å². The van der Waals surface area contributed by atoms with Gasteiger partial charge in [0.1, 0.15) is 0 Å². The van der Waals surface area contributed by atoms with E-state index in [1.54, 1.807) is 0 Å². The van der Waals surface area contributed by atoms with E-state index in [9.17, 15) is 3.83 Å². The van der Waals surface area contributed by atoms with Crippen molar-refractivity contribution in [3.8, 4) is 0 Å². The van der Waals surface area contributed by atoms with Gasteiger partial charge in [-0.1, -0.05) is 0 Å². The second kappa shape index (κ2) is 5.37. The molecule has 0 aliphatic heterocycles. The first-order valence-electron chi connectivity index (χ1n) is 4.60. The summed E-state index contributed by atoms with van der Waals surface area (Å²) < 4.78 is 16.1. The van der Waals surface area contributed by atoms with Crippen LogP contribution in [0.5, 0.6) is 0 Å². The van der Waals surface area contributed by atoms with Gasteiger partial charge in [0.15, 0.2) is 0 Å². The molecule has 0 bridgehead atoms. The zero-order valence-corrected chi connectivity index (χ0v) is 13.1. The van der Waals surface area contributed by atoms with Gasteiger partial charge >= 0.3 is 116 Å². The molecule has 82 valence electrons. The Hall–Kier alpha value is -0.281. The third-order valence-electron chi connectivity index (χ3n) is 2.06. The summed E-state index contributed by atoms with van der Waals surface area (Å²) in [5, 5.41) is 0. The van der Waals surface area contributed by atoms with Gasteiger partial charge in [-0.2, -0.15) is 0 Å². The summed E-state index contributed by atoms with van der Waals surface area (Å²) in [4.78, 5) is 0. The van der Waals surface area contributed by atoms with Crippen LogP contribution in [-0.2, 0) is 3.83 Å². The Morgan fingerprint density at radius 1 is 0.688 bits per heavy atom. The molecule has 0 saturated heterocycles. The van der Waals surface area contributed by atoms with E-state index in [2.05, 4.69) is 31.9 Å². The van der Waals surface area contributed by atoms with E-state index in [0.29, 0.717) is 0 Å². The third kappa shape index (κ3) is 2.89. The molecular formula is C12H8Br2OSe. The van der Waals surface area contributed by atoms with Crippen molar-refractivity contribution >= 4 is 54.6 Å². The summed E-state index contributed by atoms with van der Waals surface area (Å²) >= 11 is 4.62. The van der Waals surface area contributed by atoms with E-state index in [0.717, 1.165) is 17.9 Å². The second-order valence-corrected chi connectivity index (χ2v) is 8.11. The molecule has 0 fully saturated rings. The summed E-state index contributed by atoms with van der Waals surface area (Å²) in [6.07, 6.45) is 0. The first-order chi connectivity index (χ1) is 7.66. The van der Waals surface area contributed by atoms with Crippen molar-refractivity contribution in [2.75, 3.05) is 0 Å². The SMILES string of the molecule is O=[Se](c1ccc(Br)cc1)c1ccc(Br)cc1. The predicted molar refractivity (Wildman–Crippen MR) is 74.0 cm³/mol. The third-order valence-corrected chi connectivity index (χ3v) is 6.05. The zero-order chi connectivity index (χ0) is 11.5. The van der Waals surface area contributed by atoms with Crippen LogP contribution in [0.25, 0.3) is 0 Å². The summed E-state index contributed by atoms with van der Waals surface area (Å²) in [7, 11) is 0. The number of rotatable bonds is 2. The molecular weight excluding hydrogens is 399 g/mol. The van der Waals surface area contributed by atoms with Gasteiger partial charge in [0.25, 0.3) is 0 Å². The first kappa shape index (κ1) is 12.2. The van der Waals surface area contributed by atoms with Gasteiger partial charge in [0, 0.05) is 0 Å². The molecule has 0 radical (unpaired) electrons. The molecule has 0 N–H and O–H groups in total. The van der Waals surface area contributed by atoms with Crippen molar-refractivity contribution in [1.82, 2.24) is 0 Å². The summed E-state index contributed by atoms with van der Waals surface area (Å²) in [5.41, 5.74) is 0. The van der Waals surface area contributed by atoms with Crippen molar-refractivity contribution in [3.05, 3.63) is 57.5 Å². The Kier molecular flexibility index (Phi) is 4.09. The minimum atomic E-state index is -2.11. The van der Waals surface area contributed by atoms with Crippen LogP contribution in [0.1, 0.15) is 0 Å². The van der Waals surface area contributed by atoms with E-state index < -0.39 is 13.8 Å². The Morgan fingerprint density at radius 3 is 1.31 bits per heavy atom. The fraction of sp³-hybridized carbons (Fsp3) is 0. The Morgan fingerprint density at radius 2 is 1.00 bits per heavy atom. The number of hydrogen-bond donors (Lipinski definition) is 0. The van der Waals surface area contributed by atoms with Crippen LogP contribution in [-0.4, -0.2) is 13.8 Å². The molecule has 2 aromatic carbocycles. The molecule has 4 heteroatoms. The molecule has 0 spiro atoms. The molecule has 0 atom stereocenters. The Balaban J connectivity index is 2.32. The van der Waals surface area contributed by atoms with Crippen molar-refractivity contribution < 1.29 is 3.83 Å². The van der Waals surface area contributed by atoms with Crippen LogP contribution in [0.15, 0.2) is 57.5 Å². The van der Waals surface area contributed by atoms with Crippen LogP contribution >= 0.6 is 31.9 Å². The Labute approximate surface area is 115 Å². The maximum absolute atomic E-state index is 12.2. The van der Waals surface area contributed by atoms with E-state index in [-0.39, 0.29) is 0 Å². The zero-order valence-electron chi connectivity index (χ0n) is 8.19. The summed E-state index contributed by atoms with van der Waals surface area (Å²) in [6, 6.07) is 15.3. The molecule has 1 nitrogen and oxygen atoms in total. The Bertz CT molecular complexity index is 458. The molecule has 16 heavy (non-hydrogen) atoms. The standard InChI is InChI=1S/C12H8Br2OSe/c13-9-1-5-11(6-2-9)16(15)12-7-3-10(14)4-8-12/h1-8H. The van der Waals surface area contributed by atoms with Gasteiger partial charge in [-0.15, -0.1) is 0 Å². The fourth-order valence-electron chi connectivity index (χ4n) is 1.25. The number of hydrogen-bond acceptors (Lipinski definition) is 1. The molecule has 0 amide bonds. The van der Waals surface area contributed by atoms with Gasteiger partial charge in [-0.05, 0) is 0 Å². The van der Waals surface area contributed by atoms with Crippen molar-refractivity contribution in [3.63, 3.8) is 0 Å². The van der Waals surface area contributed by atoms with Gasteiger partial charge < -0.3 is 0 Å². The maximum atomic E-state index is 12.2. The molecule has 0 aliphatic rings. The molecule has 0 aromatic heterocycles. The van der Waals surface area contributed by atoms with E-state index in [4.69, 9.17) is 0 Å². The molecule has 0 unspecified atom stereocenters. The van der Waals surface area contributed by atoms with Crippen LogP contribution in [0.4, 0.5) is 0 Å². The monoisotopic (exact) mass is 406 g/mol. The fourth-order valence-corrected chi connectivity index (χ4v) is 3.96. The first-order valence-corrected chi connectivity index (χ1v) is 8.59. The van der Waals surface area contributed by atoms with Gasteiger partial charge in [0.05, 0.1) is 0 Å². The average molecular weight is 407 g/mol. The van der Waals surface area contributed by atoms with Gasteiger partial charge in [-0.3, -0.25) is 0 Å². The normalized spacial score (nSPS) is 10.7. The van der Waals surface area contributed by atoms with Crippen LogP contribution < -0.4 is 8.92 Å². The van der Waals surface area contributed by atoms with Crippen molar-refractivity contribution in [1.29, 1.82) is 0 Å². The number of benzene rings is 2.